The van der Waals surface area contributed by atoms with Gasteiger partial charge in [0.1, 0.15) is 5.82 Å². The summed E-state index contributed by atoms with van der Waals surface area (Å²) in [5, 5.41) is 0.496. The molecule has 0 aliphatic carbocycles. The Bertz CT molecular complexity index is 1100. The Morgan fingerprint density at radius 2 is 1.85 bits per heavy atom. The minimum atomic E-state index is -0.465. The van der Waals surface area contributed by atoms with Crippen molar-refractivity contribution in [1.29, 1.82) is 0 Å². The number of amides is 1. The zero-order chi connectivity index (χ0) is 19.0. The first kappa shape index (κ1) is 17.2. The molecule has 7 heteroatoms. The molecule has 27 heavy (non-hydrogen) atoms. The Labute approximate surface area is 159 Å². The lowest BCUT2D eigenvalue weighted by molar-refractivity contribution is 0.210. The summed E-state index contributed by atoms with van der Waals surface area (Å²) in [6.45, 7) is 1.87. The van der Waals surface area contributed by atoms with Gasteiger partial charge in [-0.2, -0.15) is 0 Å². The van der Waals surface area contributed by atoms with Crippen molar-refractivity contribution in [3.8, 4) is 16.3 Å². The second-order valence-electron chi connectivity index (χ2n) is 6.02. The van der Waals surface area contributed by atoms with E-state index in [1.165, 1.54) is 28.4 Å². The van der Waals surface area contributed by atoms with Crippen molar-refractivity contribution in [3.63, 3.8) is 0 Å². The Hall–Kier alpha value is -3.19. The molecule has 0 spiro atoms. The van der Waals surface area contributed by atoms with Crippen LogP contribution in [0.25, 0.3) is 16.2 Å². The third kappa shape index (κ3) is 3.29. The lowest BCUT2D eigenvalue weighted by Crippen LogP contribution is -2.29. The van der Waals surface area contributed by atoms with E-state index in [4.69, 9.17) is 4.74 Å². The van der Waals surface area contributed by atoms with Gasteiger partial charge in [0.05, 0.1) is 11.4 Å². The Morgan fingerprint density at radius 1 is 1.15 bits per heavy atom. The summed E-state index contributed by atoms with van der Waals surface area (Å²) in [6, 6.07) is 15.5. The van der Waals surface area contributed by atoms with E-state index >= 15 is 0 Å². The largest absolute Gasteiger partial charge is 0.420 e. The number of benzene rings is 2. The fourth-order valence-corrected chi connectivity index (χ4v) is 3.65. The predicted octanol–water partition coefficient (Wildman–Crippen LogP) is 5.15. The summed E-state index contributed by atoms with van der Waals surface area (Å²) in [6.07, 6.45) is 1.39. The smallest absolute Gasteiger partial charge is 0.397 e. The number of carbonyl (C=O) groups excluding carboxylic acids is 1. The lowest BCUT2D eigenvalue weighted by atomic mass is 10.2. The van der Waals surface area contributed by atoms with Crippen LogP contribution in [0.3, 0.4) is 0 Å². The molecule has 0 atom stereocenters. The van der Waals surface area contributed by atoms with Crippen LogP contribution in [0.1, 0.15) is 5.69 Å². The highest BCUT2D eigenvalue weighted by Gasteiger charge is 2.19. The molecule has 4 aromatic rings. The van der Waals surface area contributed by atoms with Gasteiger partial charge >= 0.3 is 6.09 Å². The van der Waals surface area contributed by atoms with Crippen LogP contribution >= 0.6 is 11.3 Å². The van der Waals surface area contributed by atoms with Gasteiger partial charge in [0.25, 0.3) is 0 Å². The maximum Gasteiger partial charge on any atom is 0.420 e. The van der Waals surface area contributed by atoms with Crippen LogP contribution in [-0.2, 0) is 0 Å². The highest BCUT2D eigenvalue weighted by atomic mass is 32.1. The van der Waals surface area contributed by atoms with Crippen molar-refractivity contribution in [2.75, 3.05) is 11.9 Å². The van der Waals surface area contributed by atoms with E-state index in [-0.39, 0.29) is 5.82 Å². The third-order valence-electron chi connectivity index (χ3n) is 4.25. The first-order valence-corrected chi connectivity index (χ1v) is 9.09. The number of ether oxygens (including phenoxy) is 1. The Morgan fingerprint density at radius 3 is 2.52 bits per heavy atom. The minimum Gasteiger partial charge on any atom is -0.397 e. The SMILES string of the molecule is Cc1c(OC(=O)N(C)c2ccccc2)sc2nc(-c3ccc(F)cc3)cn12. The van der Waals surface area contributed by atoms with Crippen molar-refractivity contribution in [1.82, 2.24) is 9.38 Å². The first-order chi connectivity index (χ1) is 13.0. The molecule has 0 aliphatic heterocycles. The second-order valence-corrected chi connectivity index (χ2v) is 6.96. The first-order valence-electron chi connectivity index (χ1n) is 8.28. The molecule has 4 rings (SSSR count). The van der Waals surface area contributed by atoms with E-state index in [0.29, 0.717) is 10.0 Å². The number of hydrogen-bond donors (Lipinski definition) is 0. The van der Waals surface area contributed by atoms with E-state index < -0.39 is 6.09 Å². The maximum absolute atomic E-state index is 13.1. The van der Waals surface area contributed by atoms with Crippen LogP contribution in [0.2, 0.25) is 0 Å². The number of aromatic nitrogens is 2. The van der Waals surface area contributed by atoms with Gasteiger partial charge in [0.15, 0.2) is 4.96 Å². The van der Waals surface area contributed by atoms with Crippen molar-refractivity contribution in [3.05, 3.63) is 72.3 Å². The van der Waals surface area contributed by atoms with Gasteiger partial charge in [-0.3, -0.25) is 9.30 Å². The highest BCUT2D eigenvalue weighted by Crippen LogP contribution is 2.33. The molecule has 136 valence electrons. The van der Waals surface area contributed by atoms with Crippen LogP contribution in [0.15, 0.2) is 60.8 Å². The molecule has 0 aliphatic rings. The molecule has 0 saturated carbocycles. The number of rotatable bonds is 3. The number of hydrogen-bond acceptors (Lipinski definition) is 4. The lowest BCUT2D eigenvalue weighted by Gasteiger charge is -2.16. The molecule has 0 N–H and O–H groups in total. The number of fused-ring (bicyclic) bond motifs is 1. The summed E-state index contributed by atoms with van der Waals surface area (Å²) in [7, 11) is 1.67. The monoisotopic (exact) mass is 381 g/mol. The summed E-state index contributed by atoms with van der Waals surface area (Å²) < 4.78 is 20.5. The van der Waals surface area contributed by atoms with E-state index in [9.17, 15) is 9.18 Å². The van der Waals surface area contributed by atoms with Gasteiger partial charge in [0.2, 0.25) is 5.06 Å². The normalized spacial score (nSPS) is 10.9. The molecule has 2 aromatic heterocycles. The third-order valence-corrected chi connectivity index (χ3v) is 5.29. The van der Waals surface area contributed by atoms with Crippen LogP contribution in [0, 0.1) is 12.7 Å². The summed E-state index contributed by atoms with van der Waals surface area (Å²) in [5.41, 5.74) is 3.10. The molecule has 0 saturated heterocycles. The van der Waals surface area contributed by atoms with E-state index in [2.05, 4.69) is 4.98 Å². The summed E-state index contributed by atoms with van der Waals surface area (Å²) in [5.74, 6) is -0.285. The average molecular weight is 381 g/mol. The number of para-hydroxylation sites is 1. The minimum absolute atomic E-state index is 0.285. The van der Waals surface area contributed by atoms with Crippen molar-refractivity contribution < 1.29 is 13.9 Å². The number of anilines is 1. The second kappa shape index (κ2) is 6.85. The van der Waals surface area contributed by atoms with Crippen molar-refractivity contribution >= 4 is 28.1 Å². The van der Waals surface area contributed by atoms with Crippen LogP contribution in [0.5, 0.6) is 5.06 Å². The number of thiazole rings is 1. The van der Waals surface area contributed by atoms with Crippen molar-refractivity contribution in [2.24, 2.45) is 0 Å². The topological polar surface area (TPSA) is 46.8 Å². The van der Waals surface area contributed by atoms with Gasteiger partial charge in [-0.1, -0.05) is 29.5 Å². The zero-order valence-corrected chi connectivity index (χ0v) is 15.5. The highest BCUT2D eigenvalue weighted by molar-refractivity contribution is 7.19. The number of imidazole rings is 1. The predicted molar refractivity (Wildman–Crippen MR) is 104 cm³/mol. The molecule has 0 bridgehead atoms. The van der Waals surface area contributed by atoms with Gasteiger partial charge in [-0.15, -0.1) is 0 Å². The summed E-state index contributed by atoms with van der Waals surface area (Å²) >= 11 is 1.29. The number of halogens is 1. The van der Waals surface area contributed by atoms with Gasteiger partial charge in [-0.25, -0.2) is 14.2 Å². The molecule has 0 radical (unpaired) electrons. The Kier molecular flexibility index (Phi) is 4.37. The fourth-order valence-electron chi connectivity index (χ4n) is 2.69. The molecule has 0 fully saturated rings. The van der Waals surface area contributed by atoms with Crippen molar-refractivity contribution in [2.45, 2.75) is 6.92 Å². The Balaban J connectivity index is 1.58. The molecule has 0 unspecified atom stereocenters. The number of carbonyl (C=O) groups is 1. The summed E-state index contributed by atoms with van der Waals surface area (Å²) in [4.78, 5) is 19.1. The molecule has 5 nitrogen and oxygen atoms in total. The standard InChI is InChI=1S/C20H16FN3O2S/c1-13-18(26-20(25)23(2)16-6-4-3-5-7-16)27-19-22-17(12-24(13)19)14-8-10-15(21)11-9-14/h3-12H,1-2H3. The fraction of sp³-hybridized carbons (Fsp3) is 0.100. The quantitative estimate of drug-likeness (QED) is 0.493. The van der Waals surface area contributed by atoms with Gasteiger partial charge < -0.3 is 4.74 Å². The number of aryl methyl sites for hydroxylation is 1. The van der Waals surface area contributed by atoms with E-state index in [1.54, 1.807) is 19.2 Å². The van der Waals surface area contributed by atoms with Gasteiger partial charge in [0, 0.05) is 24.5 Å². The molecule has 2 aromatic carbocycles. The van der Waals surface area contributed by atoms with Crippen LogP contribution < -0.4 is 9.64 Å². The average Bonchev–Trinajstić information content (AvgIpc) is 3.22. The molecule has 1 amide bonds. The van der Waals surface area contributed by atoms with Gasteiger partial charge in [-0.05, 0) is 43.3 Å². The molecular formula is C20H16FN3O2S. The number of nitrogens with zero attached hydrogens (tertiary/aromatic N) is 3. The maximum atomic E-state index is 13.1. The van der Waals surface area contributed by atoms with E-state index in [1.807, 2.05) is 47.9 Å². The molecular weight excluding hydrogens is 365 g/mol. The van der Waals surface area contributed by atoms with E-state index in [0.717, 1.165) is 22.6 Å². The molecule has 2 heterocycles. The zero-order valence-electron chi connectivity index (χ0n) is 14.7. The van der Waals surface area contributed by atoms with Crippen LogP contribution in [-0.4, -0.2) is 22.5 Å². The van der Waals surface area contributed by atoms with Crippen LogP contribution in [0.4, 0.5) is 14.9 Å².